The molecule has 0 bridgehead atoms. The minimum absolute atomic E-state index is 0.590. The lowest BCUT2D eigenvalue weighted by molar-refractivity contribution is 0.118. The van der Waals surface area contributed by atoms with Crippen LogP contribution in [-0.4, -0.2) is 29.1 Å². The maximum absolute atomic E-state index is 5.52. The highest BCUT2D eigenvalue weighted by Gasteiger charge is 1.99. The van der Waals surface area contributed by atoms with E-state index in [-0.39, 0.29) is 0 Å². The van der Waals surface area contributed by atoms with Crippen molar-refractivity contribution in [1.82, 2.24) is 9.38 Å². The molecule has 0 aliphatic heterocycles. The van der Waals surface area contributed by atoms with Crippen molar-refractivity contribution >= 4 is 11.5 Å². The molecule has 4 nitrogen and oxygen atoms in total. The lowest BCUT2D eigenvalue weighted by atomic mass is 10.2. The second-order valence-corrected chi connectivity index (χ2v) is 4.46. The number of nitrogens with one attached hydrogen (secondary N) is 1. The first kappa shape index (κ1) is 11.9. The van der Waals surface area contributed by atoms with E-state index in [4.69, 9.17) is 4.74 Å². The average molecular weight is 233 g/mol. The van der Waals surface area contributed by atoms with E-state index < -0.39 is 0 Å². The van der Waals surface area contributed by atoms with Gasteiger partial charge in [0.1, 0.15) is 11.5 Å². The molecule has 2 heterocycles. The second-order valence-electron chi connectivity index (χ2n) is 4.46. The van der Waals surface area contributed by atoms with Gasteiger partial charge in [0.25, 0.3) is 0 Å². The third-order valence-corrected chi connectivity index (χ3v) is 2.43. The number of fused-ring (bicyclic) bond motifs is 1. The van der Waals surface area contributed by atoms with Gasteiger partial charge in [0.2, 0.25) is 0 Å². The first-order valence-electron chi connectivity index (χ1n) is 6.01. The summed E-state index contributed by atoms with van der Waals surface area (Å²) in [7, 11) is 0. The van der Waals surface area contributed by atoms with E-state index in [2.05, 4.69) is 24.1 Å². The largest absolute Gasteiger partial charge is 0.379 e. The fourth-order valence-corrected chi connectivity index (χ4v) is 1.66. The van der Waals surface area contributed by atoms with E-state index in [0.717, 1.165) is 31.2 Å². The summed E-state index contributed by atoms with van der Waals surface area (Å²) < 4.78 is 7.55. The summed E-state index contributed by atoms with van der Waals surface area (Å²) in [5, 5.41) is 3.35. The number of anilines is 1. The number of hydrogen-bond donors (Lipinski definition) is 1. The first-order valence-corrected chi connectivity index (χ1v) is 6.01. The Kier molecular flexibility index (Phi) is 3.98. The zero-order valence-corrected chi connectivity index (χ0v) is 10.4. The van der Waals surface area contributed by atoms with Crippen LogP contribution in [0.3, 0.4) is 0 Å². The van der Waals surface area contributed by atoms with Crippen LogP contribution >= 0.6 is 0 Å². The van der Waals surface area contributed by atoms with Gasteiger partial charge in [-0.3, -0.25) is 4.40 Å². The summed E-state index contributed by atoms with van der Waals surface area (Å²) in [6.07, 6.45) is 3.75. The molecule has 92 valence electrons. The van der Waals surface area contributed by atoms with Crippen LogP contribution in [0.4, 0.5) is 5.82 Å². The summed E-state index contributed by atoms with van der Waals surface area (Å²) in [5.74, 6) is 1.64. The average Bonchev–Trinajstić information content (AvgIpc) is 2.77. The Labute approximate surface area is 102 Å². The molecule has 2 aromatic heterocycles. The van der Waals surface area contributed by atoms with Crippen LogP contribution in [0.1, 0.15) is 13.8 Å². The van der Waals surface area contributed by atoms with Crippen molar-refractivity contribution in [1.29, 1.82) is 0 Å². The third-order valence-electron chi connectivity index (χ3n) is 2.43. The van der Waals surface area contributed by atoms with E-state index in [1.165, 1.54) is 0 Å². The number of aromatic nitrogens is 2. The summed E-state index contributed by atoms with van der Waals surface area (Å²) in [4.78, 5) is 4.24. The summed E-state index contributed by atoms with van der Waals surface area (Å²) in [5.41, 5.74) is 0.957. The zero-order valence-electron chi connectivity index (χ0n) is 10.4. The maximum Gasteiger partial charge on any atom is 0.138 e. The van der Waals surface area contributed by atoms with E-state index in [0.29, 0.717) is 5.92 Å². The molecule has 2 rings (SSSR count). The van der Waals surface area contributed by atoms with Crippen LogP contribution in [-0.2, 0) is 4.74 Å². The van der Waals surface area contributed by atoms with Gasteiger partial charge in [-0.05, 0) is 18.1 Å². The molecule has 0 radical (unpaired) electrons. The normalized spacial score (nSPS) is 11.2. The van der Waals surface area contributed by atoms with Crippen molar-refractivity contribution in [3.63, 3.8) is 0 Å². The van der Waals surface area contributed by atoms with Gasteiger partial charge in [0.05, 0.1) is 6.61 Å². The Morgan fingerprint density at radius 3 is 3.12 bits per heavy atom. The van der Waals surface area contributed by atoms with Crippen LogP contribution in [0.2, 0.25) is 0 Å². The molecule has 0 amide bonds. The maximum atomic E-state index is 5.52. The summed E-state index contributed by atoms with van der Waals surface area (Å²) in [6.45, 7) is 6.66. The number of rotatable bonds is 6. The Balaban J connectivity index is 1.84. The van der Waals surface area contributed by atoms with E-state index in [1.54, 1.807) is 6.20 Å². The predicted octanol–water partition coefficient (Wildman–Crippen LogP) is 2.42. The van der Waals surface area contributed by atoms with Crippen LogP contribution in [0.25, 0.3) is 5.65 Å². The molecule has 17 heavy (non-hydrogen) atoms. The molecule has 0 aromatic carbocycles. The number of pyridine rings is 1. The minimum atomic E-state index is 0.590. The third kappa shape index (κ3) is 3.20. The molecule has 0 fully saturated rings. The van der Waals surface area contributed by atoms with Crippen molar-refractivity contribution in [3.8, 4) is 0 Å². The van der Waals surface area contributed by atoms with E-state index >= 15 is 0 Å². The van der Waals surface area contributed by atoms with Crippen LogP contribution in [0.5, 0.6) is 0 Å². The first-order chi connectivity index (χ1) is 8.27. The lowest BCUT2D eigenvalue weighted by Crippen LogP contribution is -2.13. The fraction of sp³-hybridized carbons (Fsp3) is 0.462. The van der Waals surface area contributed by atoms with Crippen molar-refractivity contribution in [2.75, 3.05) is 25.1 Å². The van der Waals surface area contributed by atoms with Crippen molar-refractivity contribution < 1.29 is 4.74 Å². The quantitative estimate of drug-likeness (QED) is 0.779. The molecule has 1 N–H and O–H groups in total. The van der Waals surface area contributed by atoms with Gasteiger partial charge in [-0.2, -0.15) is 0 Å². The van der Waals surface area contributed by atoms with E-state index in [1.807, 2.05) is 28.8 Å². The minimum Gasteiger partial charge on any atom is -0.379 e. The smallest absolute Gasteiger partial charge is 0.138 e. The molecular weight excluding hydrogens is 214 g/mol. The topological polar surface area (TPSA) is 38.6 Å². The van der Waals surface area contributed by atoms with Gasteiger partial charge < -0.3 is 10.1 Å². The highest BCUT2D eigenvalue weighted by atomic mass is 16.5. The molecule has 0 aliphatic carbocycles. The Hall–Kier alpha value is -1.55. The van der Waals surface area contributed by atoms with Gasteiger partial charge in [0, 0.05) is 25.5 Å². The summed E-state index contributed by atoms with van der Waals surface area (Å²) >= 11 is 0. The molecular formula is C13H19N3O. The molecule has 4 heteroatoms. The number of ether oxygens (including phenoxy) is 1. The lowest BCUT2D eigenvalue weighted by Gasteiger charge is -2.10. The van der Waals surface area contributed by atoms with Gasteiger partial charge in [-0.25, -0.2) is 4.98 Å². The van der Waals surface area contributed by atoms with Gasteiger partial charge in [-0.15, -0.1) is 0 Å². The highest BCUT2D eigenvalue weighted by molar-refractivity contribution is 5.49. The standard InChI is InChI=1S/C13H19N3O/c1-11(2)10-17-9-7-15-13-5-3-4-12-14-6-8-16(12)13/h3-6,8,11,15H,7,9-10H2,1-2H3. The van der Waals surface area contributed by atoms with Crippen LogP contribution in [0.15, 0.2) is 30.6 Å². The van der Waals surface area contributed by atoms with Gasteiger partial charge in [0.15, 0.2) is 0 Å². The molecule has 0 atom stereocenters. The number of imidazole rings is 1. The van der Waals surface area contributed by atoms with Crippen molar-refractivity contribution in [2.24, 2.45) is 5.92 Å². The summed E-state index contributed by atoms with van der Waals surface area (Å²) in [6, 6.07) is 6.03. The molecule has 0 saturated heterocycles. The van der Waals surface area contributed by atoms with Crippen molar-refractivity contribution in [2.45, 2.75) is 13.8 Å². The SMILES string of the molecule is CC(C)COCCNc1cccc2nccn12. The van der Waals surface area contributed by atoms with Gasteiger partial charge >= 0.3 is 0 Å². The highest BCUT2D eigenvalue weighted by Crippen LogP contribution is 2.10. The molecule has 0 aliphatic rings. The van der Waals surface area contributed by atoms with Gasteiger partial charge in [-0.1, -0.05) is 19.9 Å². The van der Waals surface area contributed by atoms with Crippen LogP contribution < -0.4 is 5.32 Å². The van der Waals surface area contributed by atoms with Crippen molar-refractivity contribution in [3.05, 3.63) is 30.6 Å². The fourth-order valence-electron chi connectivity index (χ4n) is 1.66. The van der Waals surface area contributed by atoms with Crippen LogP contribution in [0, 0.1) is 5.92 Å². The predicted molar refractivity (Wildman–Crippen MR) is 69.3 cm³/mol. The number of nitrogens with zero attached hydrogens (tertiary/aromatic N) is 2. The Bertz CT molecular complexity index is 464. The Morgan fingerprint density at radius 1 is 1.41 bits per heavy atom. The Morgan fingerprint density at radius 2 is 2.29 bits per heavy atom. The van der Waals surface area contributed by atoms with E-state index in [9.17, 15) is 0 Å². The molecule has 0 saturated carbocycles. The monoisotopic (exact) mass is 233 g/mol. The zero-order chi connectivity index (χ0) is 12.1. The number of hydrogen-bond acceptors (Lipinski definition) is 3. The molecule has 0 spiro atoms. The molecule has 2 aromatic rings. The second kappa shape index (κ2) is 5.68. The molecule has 0 unspecified atom stereocenters.